The molecule has 0 aliphatic heterocycles. The molecule has 0 saturated carbocycles. The molecule has 21 heavy (non-hydrogen) atoms. The Balaban J connectivity index is 2.15. The Labute approximate surface area is 119 Å². The fourth-order valence-corrected chi connectivity index (χ4v) is 1.81. The van der Waals surface area contributed by atoms with Gasteiger partial charge in [-0.1, -0.05) is 6.92 Å². The zero-order valence-electron chi connectivity index (χ0n) is 11.6. The molecule has 0 bridgehead atoms. The summed E-state index contributed by atoms with van der Waals surface area (Å²) in [7, 11) is 0. The molecule has 114 valence electrons. The summed E-state index contributed by atoms with van der Waals surface area (Å²) in [6.07, 6.45) is 2.62. The smallest absolute Gasteiger partial charge is 0.185 e. The maximum Gasteiger partial charge on any atom is 0.185 e. The van der Waals surface area contributed by atoms with Crippen molar-refractivity contribution in [3.05, 3.63) is 47.3 Å². The Morgan fingerprint density at radius 1 is 1.19 bits per heavy atom. The lowest BCUT2D eigenvalue weighted by Crippen LogP contribution is -2.09. The first-order chi connectivity index (χ1) is 9.93. The lowest BCUT2D eigenvalue weighted by molar-refractivity contribution is 0.457. The molecule has 2 rings (SSSR count). The Kier molecular flexibility index (Phi) is 4.50. The van der Waals surface area contributed by atoms with Crippen LogP contribution in [0.1, 0.15) is 32.0 Å². The first-order valence-corrected chi connectivity index (χ1v) is 6.55. The number of benzene rings is 1. The van der Waals surface area contributed by atoms with Crippen molar-refractivity contribution in [1.82, 2.24) is 9.78 Å². The van der Waals surface area contributed by atoms with Crippen LogP contribution in [0.2, 0.25) is 0 Å². The van der Waals surface area contributed by atoms with Gasteiger partial charge in [0.2, 0.25) is 0 Å². The van der Waals surface area contributed by atoms with E-state index in [0.717, 1.165) is 6.42 Å². The molecule has 0 aliphatic rings. The molecule has 0 fully saturated rings. The zero-order chi connectivity index (χ0) is 15.6. The van der Waals surface area contributed by atoms with Crippen LogP contribution >= 0.6 is 0 Å². The van der Waals surface area contributed by atoms with Crippen LogP contribution in [-0.2, 0) is 6.54 Å². The maximum atomic E-state index is 13.5. The molecule has 1 atom stereocenters. The largest absolute Gasteiger partial charge is 0.374 e. The van der Waals surface area contributed by atoms with Gasteiger partial charge in [-0.2, -0.15) is 5.10 Å². The highest BCUT2D eigenvalue weighted by Crippen LogP contribution is 2.24. The van der Waals surface area contributed by atoms with E-state index in [0.29, 0.717) is 5.69 Å². The second kappa shape index (κ2) is 6.15. The lowest BCUT2D eigenvalue weighted by Gasteiger charge is -2.10. The number of halogens is 4. The Morgan fingerprint density at radius 3 is 2.38 bits per heavy atom. The molecule has 0 spiro atoms. The van der Waals surface area contributed by atoms with Crippen LogP contribution in [0.15, 0.2) is 18.3 Å². The third kappa shape index (κ3) is 3.17. The van der Waals surface area contributed by atoms with Crippen LogP contribution < -0.4 is 5.32 Å². The molecule has 0 aliphatic carbocycles. The summed E-state index contributed by atoms with van der Waals surface area (Å²) in [5.74, 6) is -5.78. The Morgan fingerprint density at radius 2 is 1.81 bits per heavy atom. The Bertz CT molecular complexity index is 613. The zero-order valence-corrected chi connectivity index (χ0v) is 11.6. The van der Waals surface area contributed by atoms with Crippen LogP contribution in [0.4, 0.5) is 23.2 Å². The first-order valence-electron chi connectivity index (χ1n) is 6.55. The summed E-state index contributed by atoms with van der Waals surface area (Å²) in [5, 5.41) is 6.57. The van der Waals surface area contributed by atoms with Gasteiger partial charge in [-0.15, -0.1) is 0 Å². The highest BCUT2D eigenvalue weighted by Gasteiger charge is 2.19. The van der Waals surface area contributed by atoms with E-state index in [1.807, 2.05) is 13.8 Å². The van der Waals surface area contributed by atoms with Crippen molar-refractivity contribution in [2.24, 2.45) is 0 Å². The molecule has 1 aromatic carbocycles. The Hall–Kier alpha value is -2.05. The molecular formula is C14H15F4N3. The average molecular weight is 301 g/mol. The molecule has 0 amide bonds. The third-order valence-corrected chi connectivity index (χ3v) is 3.26. The standard InChI is InChI=1S/C14H15F4N3/c1-3-8(2)21-5-4-9(20-21)7-19-14-12(17)10(15)6-11(16)13(14)18/h4-6,8,19H,3,7H2,1-2H3. The van der Waals surface area contributed by atoms with Gasteiger partial charge in [0.05, 0.1) is 12.2 Å². The SMILES string of the molecule is CCC(C)n1ccc(CNc2c(F)c(F)cc(F)c2F)n1. The predicted molar refractivity (Wildman–Crippen MR) is 70.8 cm³/mol. The summed E-state index contributed by atoms with van der Waals surface area (Å²) >= 11 is 0. The topological polar surface area (TPSA) is 29.9 Å². The highest BCUT2D eigenvalue weighted by molar-refractivity contribution is 5.47. The van der Waals surface area contributed by atoms with Gasteiger partial charge in [0, 0.05) is 18.3 Å². The van der Waals surface area contributed by atoms with Crippen LogP contribution in [0.25, 0.3) is 0 Å². The van der Waals surface area contributed by atoms with E-state index in [2.05, 4.69) is 10.4 Å². The van der Waals surface area contributed by atoms with Gasteiger partial charge in [0.1, 0.15) is 5.69 Å². The molecule has 2 aromatic rings. The highest BCUT2D eigenvalue weighted by atomic mass is 19.2. The van der Waals surface area contributed by atoms with Crippen LogP contribution in [0.5, 0.6) is 0 Å². The summed E-state index contributed by atoms with van der Waals surface area (Å²) < 4.78 is 54.8. The van der Waals surface area contributed by atoms with Crippen molar-refractivity contribution in [2.45, 2.75) is 32.9 Å². The van der Waals surface area contributed by atoms with E-state index in [-0.39, 0.29) is 18.7 Å². The van der Waals surface area contributed by atoms with E-state index in [4.69, 9.17) is 0 Å². The normalized spacial score (nSPS) is 12.5. The summed E-state index contributed by atoms with van der Waals surface area (Å²) in [4.78, 5) is 0. The molecule has 3 nitrogen and oxygen atoms in total. The quantitative estimate of drug-likeness (QED) is 0.667. The van der Waals surface area contributed by atoms with Gasteiger partial charge in [-0.3, -0.25) is 4.68 Å². The number of hydrogen-bond donors (Lipinski definition) is 1. The number of rotatable bonds is 5. The van der Waals surface area contributed by atoms with Crippen molar-refractivity contribution >= 4 is 5.69 Å². The van der Waals surface area contributed by atoms with Crippen molar-refractivity contribution < 1.29 is 17.6 Å². The van der Waals surface area contributed by atoms with Crippen molar-refractivity contribution in [3.63, 3.8) is 0 Å². The second-order valence-electron chi connectivity index (χ2n) is 4.74. The minimum absolute atomic E-state index is 0.0415. The molecular weight excluding hydrogens is 286 g/mol. The number of anilines is 1. The van der Waals surface area contributed by atoms with Crippen LogP contribution in [0.3, 0.4) is 0 Å². The van der Waals surface area contributed by atoms with Crippen molar-refractivity contribution in [3.8, 4) is 0 Å². The molecule has 1 N–H and O–H groups in total. The lowest BCUT2D eigenvalue weighted by atomic mass is 10.2. The number of nitrogens with one attached hydrogen (secondary N) is 1. The molecule has 0 saturated heterocycles. The average Bonchev–Trinajstić information content (AvgIpc) is 2.93. The van der Waals surface area contributed by atoms with E-state index in [9.17, 15) is 17.6 Å². The summed E-state index contributed by atoms with van der Waals surface area (Å²) in [6, 6.07) is 2.04. The monoisotopic (exact) mass is 301 g/mol. The van der Waals surface area contributed by atoms with Crippen molar-refractivity contribution in [2.75, 3.05) is 5.32 Å². The fourth-order valence-electron chi connectivity index (χ4n) is 1.81. The predicted octanol–water partition coefficient (Wildman–Crippen LogP) is 4.02. The van der Waals surface area contributed by atoms with Crippen LogP contribution in [-0.4, -0.2) is 9.78 Å². The van der Waals surface area contributed by atoms with Gasteiger partial charge >= 0.3 is 0 Å². The number of hydrogen-bond acceptors (Lipinski definition) is 2. The van der Waals surface area contributed by atoms with E-state index < -0.39 is 29.0 Å². The fraction of sp³-hybridized carbons (Fsp3) is 0.357. The van der Waals surface area contributed by atoms with E-state index in [1.165, 1.54) is 0 Å². The third-order valence-electron chi connectivity index (χ3n) is 3.26. The minimum Gasteiger partial charge on any atom is -0.374 e. The molecule has 7 heteroatoms. The number of nitrogens with zero attached hydrogens (tertiary/aromatic N) is 2. The molecule has 1 heterocycles. The van der Waals surface area contributed by atoms with E-state index >= 15 is 0 Å². The van der Waals surface area contributed by atoms with Gasteiger partial charge in [-0.05, 0) is 19.4 Å². The summed E-state index contributed by atoms with van der Waals surface area (Å²) in [5.41, 5.74) is -0.315. The molecule has 1 aromatic heterocycles. The van der Waals surface area contributed by atoms with Gasteiger partial charge in [0.15, 0.2) is 23.3 Å². The minimum atomic E-state index is -1.45. The summed E-state index contributed by atoms with van der Waals surface area (Å²) in [6.45, 7) is 3.94. The van der Waals surface area contributed by atoms with Crippen molar-refractivity contribution in [1.29, 1.82) is 0 Å². The van der Waals surface area contributed by atoms with Gasteiger partial charge in [0.25, 0.3) is 0 Å². The second-order valence-corrected chi connectivity index (χ2v) is 4.74. The molecule has 0 radical (unpaired) electrons. The number of aromatic nitrogens is 2. The van der Waals surface area contributed by atoms with E-state index in [1.54, 1.807) is 16.9 Å². The van der Waals surface area contributed by atoms with Gasteiger partial charge in [-0.25, -0.2) is 17.6 Å². The maximum absolute atomic E-state index is 13.5. The first kappa shape index (κ1) is 15.3. The van der Waals surface area contributed by atoms with Gasteiger partial charge < -0.3 is 5.32 Å². The van der Waals surface area contributed by atoms with Crippen LogP contribution in [0, 0.1) is 23.3 Å². The molecule has 1 unspecified atom stereocenters.